The third-order valence-corrected chi connectivity index (χ3v) is 6.66. The molecule has 2 aromatic rings. The van der Waals surface area contributed by atoms with Gasteiger partial charge in [-0.3, -0.25) is 0 Å². The van der Waals surface area contributed by atoms with Crippen LogP contribution in [-0.2, 0) is 6.54 Å². The minimum atomic E-state index is 0. The summed E-state index contributed by atoms with van der Waals surface area (Å²) in [5.41, 5.74) is 7.04. The molecule has 6 rings (SSSR count). The van der Waals surface area contributed by atoms with E-state index in [9.17, 15) is 0 Å². The minimum absolute atomic E-state index is 0. The van der Waals surface area contributed by atoms with E-state index >= 15 is 0 Å². The van der Waals surface area contributed by atoms with Gasteiger partial charge in [0.15, 0.2) is 0 Å². The highest BCUT2D eigenvalue weighted by molar-refractivity contribution is 5.85. The van der Waals surface area contributed by atoms with Crippen LogP contribution in [0, 0.1) is 17.8 Å². The van der Waals surface area contributed by atoms with Crippen LogP contribution in [0.4, 0.5) is 5.69 Å². The van der Waals surface area contributed by atoms with E-state index in [2.05, 4.69) is 71.1 Å². The van der Waals surface area contributed by atoms with Crippen LogP contribution >= 0.6 is 12.4 Å². The number of nitrogens with one attached hydrogen (secondary N) is 1. The maximum Gasteiger partial charge on any atom is 0.0595 e. The fourth-order valence-electron chi connectivity index (χ4n) is 6.10. The van der Waals surface area contributed by atoms with Crippen LogP contribution in [0.1, 0.15) is 44.1 Å². The first-order chi connectivity index (χ1) is 12.3. The predicted octanol–water partition coefficient (Wildman–Crippen LogP) is 5.59. The molecule has 0 spiro atoms. The van der Waals surface area contributed by atoms with Gasteiger partial charge in [0.2, 0.25) is 0 Å². The Kier molecular flexibility index (Phi) is 4.98. The molecule has 0 aliphatic heterocycles. The summed E-state index contributed by atoms with van der Waals surface area (Å²) in [7, 11) is 0. The van der Waals surface area contributed by atoms with Crippen LogP contribution in [-0.4, -0.2) is 5.54 Å². The van der Waals surface area contributed by atoms with Gasteiger partial charge in [-0.15, -0.1) is 12.4 Å². The van der Waals surface area contributed by atoms with Crippen LogP contribution < -0.4 is 10.4 Å². The second-order valence-electron chi connectivity index (χ2n) is 8.72. The molecule has 2 nitrogen and oxygen atoms in total. The average molecular weight is 369 g/mol. The number of rotatable bonds is 5. The van der Waals surface area contributed by atoms with Gasteiger partial charge >= 0.3 is 0 Å². The summed E-state index contributed by atoms with van der Waals surface area (Å²) in [5.74, 6) is 2.90. The second-order valence-corrected chi connectivity index (χ2v) is 8.72. The van der Waals surface area contributed by atoms with Crippen molar-refractivity contribution in [2.24, 2.45) is 17.8 Å². The molecule has 4 fully saturated rings. The number of nitrogens with zero attached hydrogens (tertiary/aromatic N) is 1. The van der Waals surface area contributed by atoms with Crippen molar-refractivity contribution in [1.29, 1.82) is 0 Å². The molecule has 0 atom stereocenters. The summed E-state index contributed by atoms with van der Waals surface area (Å²) in [6.45, 7) is 0.923. The number of hydrogen-bond acceptors (Lipinski definition) is 2. The zero-order chi connectivity index (χ0) is 16.7. The van der Waals surface area contributed by atoms with Gasteiger partial charge < -0.3 is 5.01 Å². The van der Waals surface area contributed by atoms with E-state index in [4.69, 9.17) is 0 Å². The molecule has 0 unspecified atom stereocenters. The molecule has 0 radical (unpaired) electrons. The number of hydrogen-bond donors (Lipinski definition) is 1. The number of halogens is 1. The second kappa shape index (κ2) is 7.25. The van der Waals surface area contributed by atoms with Gasteiger partial charge in [0.1, 0.15) is 0 Å². The first kappa shape index (κ1) is 17.9. The Labute approximate surface area is 163 Å². The van der Waals surface area contributed by atoms with Crippen molar-refractivity contribution in [1.82, 2.24) is 5.43 Å². The van der Waals surface area contributed by atoms with E-state index in [-0.39, 0.29) is 12.4 Å². The molecular weight excluding hydrogens is 340 g/mol. The molecular formula is C23H29ClN2. The van der Waals surface area contributed by atoms with Crippen LogP contribution in [0.15, 0.2) is 60.7 Å². The Morgan fingerprint density at radius 1 is 0.769 bits per heavy atom. The minimum Gasteiger partial charge on any atom is -0.304 e. The summed E-state index contributed by atoms with van der Waals surface area (Å²) < 4.78 is 0. The molecule has 4 aliphatic carbocycles. The van der Waals surface area contributed by atoms with Crippen molar-refractivity contribution in [3.63, 3.8) is 0 Å². The quantitative estimate of drug-likeness (QED) is 0.692. The predicted molar refractivity (Wildman–Crippen MR) is 110 cm³/mol. The zero-order valence-electron chi connectivity index (χ0n) is 15.3. The van der Waals surface area contributed by atoms with Crippen molar-refractivity contribution in [3.05, 3.63) is 66.2 Å². The van der Waals surface area contributed by atoms with Crippen molar-refractivity contribution >= 4 is 18.1 Å². The SMILES string of the molecule is Cl.c1ccc(CN(NC23CC4CC(CC(C4)C2)C3)c2ccccc2)cc1. The molecule has 0 heterocycles. The number of hydrazine groups is 1. The van der Waals surface area contributed by atoms with Gasteiger partial charge in [0, 0.05) is 5.54 Å². The van der Waals surface area contributed by atoms with E-state index in [1.165, 1.54) is 49.8 Å². The topological polar surface area (TPSA) is 15.3 Å². The van der Waals surface area contributed by atoms with Gasteiger partial charge in [-0.25, -0.2) is 5.43 Å². The third-order valence-electron chi connectivity index (χ3n) is 6.66. The standard InChI is InChI=1S/C23H28N2.ClH/c1-3-7-18(8-4-1)17-25(22-9-5-2-6-10-22)24-23-14-19-11-20(15-23)13-21(12-19)16-23;/h1-10,19-21,24H,11-17H2;1H. The highest BCUT2D eigenvalue weighted by Crippen LogP contribution is 2.55. The average Bonchev–Trinajstić information content (AvgIpc) is 2.61. The van der Waals surface area contributed by atoms with Gasteiger partial charge in [-0.2, -0.15) is 0 Å². The van der Waals surface area contributed by atoms with E-state index < -0.39 is 0 Å². The van der Waals surface area contributed by atoms with Crippen molar-refractivity contribution < 1.29 is 0 Å². The molecule has 4 aliphatic rings. The van der Waals surface area contributed by atoms with Crippen LogP contribution in [0.5, 0.6) is 0 Å². The Morgan fingerprint density at radius 2 is 1.27 bits per heavy atom. The number of para-hydroxylation sites is 1. The molecule has 3 heteroatoms. The van der Waals surface area contributed by atoms with E-state index in [0.717, 1.165) is 24.3 Å². The molecule has 2 aromatic carbocycles. The van der Waals surface area contributed by atoms with Crippen molar-refractivity contribution in [2.45, 2.75) is 50.6 Å². The lowest BCUT2D eigenvalue weighted by molar-refractivity contribution is -0.0214. The van der Waals surface area contributed by atoms with Crippen LogP contribution in [0.2, 0.25) is 0 Å². The lowest BCUT2D eigenvalue weighted by Gasteiger charge is -2.58. The molecule has 0 amide bonds. The van der Waals surface area contributed by atoms with Gasteiger partial charge in [-0.05, 0) is 74.0 Å². The maximum atomic E-state index is 4.06. The largest absolute Gasteiger partial charge is 0.304 e. The van der Waals surface area contributed by atoms with E-state index in [1.54, 1.807) is 0 Å². The lowest BCUT2D eigenvalue weighted by Crippen LogP contribution is -2.62. The molecule has 4 bridgehead atoms. The Balaban J connectivity index is 0.00000168. The highest BCUT2D eigenvalue weighted by Gasteiger charge is 2.51. The summed E-state index contributed by atoms with van der Waals surface area (Å²) in [5, 5.41) is 2.42. The first-order valence-electron chi connectivity index (χ1n) is 9.92. The third kappa shape index (κ3) is 3.50. The van der Waals surface area contributed by atoms with Crippen LogP contribution in [0.25, 0.3) is 0 Å². The molecule has 0 aromatic heterocycles. The summed E-state index contributed by atoms with van der Waals surface area (Å²) in [6.07, 6.45) is 8.59. The highest BCUT2D eigenvalue weighted by atomic mass is 35.5. The Hall–Kier alpha value is -1.51. The van der Waals surface area contributed by atoms with Gasteiger partial charge in [0.25, 0.3) is 0 Å². The number of anilines is 1. The molecule has 4 saturated carbocycles. The Bertz CT molecular complexity index is 680. The summed E-state index contributed by atoms with van der Waals surface area (Å²) >= 11 is 0. The van der Waals surface area contributed by atoms with Crippen molar-refractivity contribution in [2.75, 3.05) is 5.01 Å². The number of benzene rings is 2. The molecule has 0 saturated heterocycles. The fraction of sp³-hybridized carbons (Fsp3) is 0.478. The summed E-state index contributed by atoms with van der Waals surface area (Å²) in [4.78, 5) is 0. The maximum absolute atomic E-state index is 4.06. The monoisotopic (exact) mass is 368 g/mol. The first-order valence-corrected chi connectivity index (χ1v) is 9.92. The lowest BCUT2D eigenvalue weighted by atomic mass is 9.53. The van der Waals surface area contributed by atoms with Crippen molar-refractivity contribution in [3.8, 4) is 0 Å². The summed E-state index contributed by atoms with van der Waals surface area (Å²) in [6, 6.07) is 21.7. The normalized spacial score (nSPS) is 31.5. The fourth-order valence-corrected chi connectivity index (χ4v) is 6.10. The molecule has 1 N–H and O–H groups in total. The smallest absolute Gasteiger partial charge is 0.0595 e. The zero-order valence-corrected chi connectivity index (χ0v) is 16.1. The Morgan fingerprint density at radius 3 is 1.81 bits per heavy atom. The van der Waals surface area contributed by atoms with E-state index in [1.807, 2.05) is 0 Å². The van der Waals surface area contributed by atoms with E-state index in [0.29, 0.717) is 5.54 Å². The van der Waals surface area contributed by atoms with Gasteiger partial charge in [0.05, 0.1) is 12.2 Å². The van der Waals surface area contributed by atoms with Gasteiger partial charge in [-0.1, -0.05) is 48.5 Å². The van der Waals surface area contributed by atoms with Crippen LogP contribution in [0.3, 0.4) is 0 Å². The molecule has 26 heavy (non-hydrogen) atoms. The molecule has 138 valence electrons.